The quantitative estimate of drug-likeness (QED) is 0.367. The van der Waals surface area contributed by atoms with Crippen molar-refractivity contribution in [2.24, 2.45) is 0 Å². The van der Waals surface area contributed by atoms with Crippen molar-refractivity contribution in [1.82, 2.24) is 0 Å². The second-order valence-electron chi connectivity index (χ2n) is 5.66. The lowest BCUT2D eigenvalue weighted by Crippen LogP contribution is -2.10. The van der Waals surface area contributed by atoms with Crippen molar-refractivity contribution < 1.29 is 14.3 Å². The van der Waals surface area contributed by atoms with Crippen LogP contribution in [0, 0.1) is 0 Å². The standard InChI is InChI=1S/C19H10O3/c20-16-9-14-15(22-16)8-10-4-3-7-13-17(10)18(14)11-5-1-2-6-12(11)19(13)21/h1-8H,9H2. The first-order chi connectivity index (χ1) is 10.7. The summed E-state index contributed by atoms with van der Waals surface area (Å²) in [6, 6.07) is 15.1. The summed E-state index contributed by atoms with van der Waals surface area (Å²) >= 11 is 0. The Hall–Kier alpha value is -2.94. The van der Waals surface area contributed by atoms with E-state index in [1.807, 2.05) is 48.5 Å². The summed E-state index contributed by atoms with van der Waals surface area (Å²) in [5, 5.41) is 1.87. The van der Waals surface area contributed by atoms with Gasteiger partial charge in [0.1, 0.15) is 5.75 Å². The number of carbonyl (C=O) groups is 2. The molecular formula is C19H10O3. The molecule has 0 bridgehead atoms. The lowest BCUT2D eigenvalue weighted by atomic mass is 9.80. The summed E-state index contributed by atoms with van der Waals surface area (Å²) in [5.74, 6) is 0.421. The molecule has 3 heteroatoms. The van der Waals surface area contributed by atoms with Gasteiger partial charge in [-0.15, -0.1) is 0 Å². The van der Waals surface area contributed by atoms with Crippen LogP contribution in [0.4, 0.5) is 0 Å². The van der Waals surface area contributed by atoms with Gasteiger partial charge in [0, 0.05) is 22.1 Å². The predicted molar refractivity (Wildman–Crippen MR) is 82.2 cm³/mol. The van der Waals surface area contributed by atoms with Gasteiger partial charge in [0.15, 0.2) is 5.78 Å². The summed E-state index contributed by atoms with van der Waals surface area (Å²) in [4.78, 5) is 24.5. The Kier molecular flexibility index (Phi) is 2.03. The molecule has 3 aromatic rings. The number of fused-ring (bicyclic) bond motifs is 4. The van der Waals surface area contributed by atoms with E-state index in [0.717, 1.165) is 27.5 Å². The van der Waals surface area contributed by atoms with Crippen molar-refractivity contribution >= 4 is 22.5 Å². The summed E-state index contributed by atoms with van der Waals surface area (Å²) in [6.45, 7) is 0. The Labute approximate surface area is 126 Å². The zero-order valence-corrected chi connectivity index (χ0v) is 11.6. The molecule has 0 N–H and O–H groups in total. The van der Waals surface area contributed by atoms with Crippen molar-refractivity contribution in [3.63, 3.8) is 0 Å². The van der Waals surface area contributed by atoms with Crippen molar-refractivity contribution in [2.45, 2.75) is 6.42 Å². The smallest absolute Gasteiger partial charge is 0.315 e. The van der Waals surface area contributed by atoms with E-state index in [-0.39, 0.29) is 18.2 Å². The highest BCUT2D eigenvalue weighted by Crippen LogP contribution is 2.46. The lowest BCUT2D eigenvalue weighted by molar-refractivity contribution is -0.131. The van der Waals surface area contributed by atoms with Crippen molar-refractivity contribution in [1.29, 1.82) is 0 Å². The second kappa shape index (κ2) is 3.83. The lowest BCUT2D eigenvalue weighted by Gasteiger charge is -2.21. The number of ketones is 1. The van der Waals surface area contributed by atoms with Gasteiger partial charge in [-0.05, 0) is 22.6 Å². The Morgan fingerprint density at radius 1 is 0.864 bits per heavy atom. The Bertz CT molecular complexity index is 1010. The average molecular weight is 286 g/mol. The summed E-state index contributed by atoms with van der Waals surface area (Å²) in [7, 11) is 0. The highest BCUT2D eigenvalue weighted by Gasteiger charge is 2.32. The number of hydrogen-bond acceptors (Lipinski definition) is 3. The largest absolute Gasteiger partial charge is 0.426 e. The first kappa shape index (κ1) is 11.7. The predicted octanol–water partition coefficient (Wildman–Crippen LogP) is 3.51. The molecular weight excluding hydrogens is 276 g/mol. The Morgan fingerprint density at radius 2 is 1.64 bits per heavy atom. The van der Waals surface area contributed by atoms with Gasteiger partial charge in [0.2, 0.25) is 0 Å². The van der Waals surface area contributed by atoms with Gasteiger partial charge in [-0.25, -0.2) is 0 Å². The zero-order valence-electron chi connectivity index (χ0n) is 11.6. The SMILES string of the molecule is O=C1Cc2c(cc3cccc4c3c2-c2ccccc2C4=O)O1. The molecule has 0 fully saturated rings. The van der Waals surface area contributed by atoms with Gasteiger partial charge in [0.25, 0.3) is 0 Å². The van der Waals surface area contributed by atoms with E-state index in [1.54, 1.807) is 0 Å². The molecule has 5 rings (SSSR count). The third kappa shape index (κ3) is 1.31. The summed E-state index contributed by atoms with van der Waals surface area (Å²) in [6.07, 6.45) is 0.261. The van der Waals surface area contributed by atoms with Crippen LogP contribution in [0.1, 0.15) is 21.5 Å². The average Bonchev–Trinajstić information content (AvgIpc) is 2.90. The van der Waals surface area contributed by atoms with Crippen LogP contribution in [0.25, 0.3) is 21.9 Å². The zero-order chi connectivity index (χ0) is 14.8. The number of ether oxygens (including phenoxy) is 1. The monoisotopic (exact) mass is 286 g/mol. The van der Waals surface area contributed by atoms with Gasteiger partial charge >= 0.3 is 5.97 Å². The third-order valence-corrected chi connectivity index (χ3v) is 4.46. The topological polar surface area (TPSA) is 43.4 Å². The van der Waals surface area contributed by atoms with Crippen molar-refractivity contribution in [3.8, 4) is 16.9 Å². The van der Waals surface area contributed by atoms with E-state index in [2.05, 4.69) is 0 Å². The van der Waals surface area contributed by atoms with E-state index in [4.69, 9.17) is 4.74 Å². The Morgan fingerprint density at radius 3 is 2.50 bits per heavy atom. The molecule has 0 atom stereocenters. The van der Waals surface area contributed by atoms with Crippen LogP contribution in [0.5, 0.6) is 5.75 Å². The van der Waals surface area contributed by atoms with E-state index >= 15 is 0 Å². The molecule has 0 radical (unpaired) electrons. The maximum absolute atomic E-state index is 12.8. The minimum absolute atomic E-state index is 0.0406. The summed E-state index contributed by atoms with van der Waals surface area (Å²) < 4.78 is 5.34. The highest BCUT2D eigenvalue weighted by molar-refractivity contribution is 6.26. The molecule has 22 heavy (non-hydrogen) atoms. The number of rotatable bonds is 0. The van der Waals surface area contributed by atoms with Crippen LogP contribution in [0.15, 0.2) is 48.5 Å². The van der Waals surface area contributed by atoms with Gasteiger partial charge in [-0.2, -0.15) is 0 Å². The molecule has 0 amide bonds. The molecule has 2 aliphatic rings. The molecule has 0 aromatic heterocycles. The molecule has 1 aliphatic carbocycles. The maximum Gasteiger partial charge on any atom is 0.315 e. The van der Waals surface area contributed by atoms with Gasteiger partial charge in [0.05, 0.1) is 6.42 Å². The molecule has 1 heterocycles. The number of benzene rings is 3. The fourth-order valence-electron chi connectivity index (χ4n) is 3.57. The number of esters is 1. The van der Waals surface area contributed by atoms with Crippen LogP contribution < -0.4 is 4.74 Å². The minimum atomic E-state index is -0.238. The van der Waals surface area contributed by atoms with Crippen LogP contribution >= 0.6 is 0 Å². The Balaban J connectivity index is 2.05. The second-order valence-corrected chi connectivity index (χ2v) is 5.66. The van der Waals surface area contributed by atoms with Crippen LogP contribution in [-0.4, -0.2) is 11.8 Å². The van der Waals surface area contributed by atoms with Crippen molar-refractivity contribution in [3.05, 3.63) is 65.2 Å². The van der Waals surface area contributed by atoms with Crippen LogP contribution in [0.2, 0.25) is 0 Å². The van der Waals surface area contributed by atoms with E-state index < -0.39 is 0 Å². The van der Waals surface area contributed by atoms with E-state index in [0.29, 0.717) is 16.9 Å². The van der Waals surface area contributed by atoms with Crippen molar-refractivity contribution in [2.75, 3.05) is 0 Å². The van der Waals surface area contributed by atoms with Crippen LogP contribution in [0.3, 0.4) is 0 Å². The molecule has 3 aromatic carbocycles. The fraction of sp³-hybridized carbons (Fsp3) is 0.0526. The first-order valence-electron chi connectivity index (χ1n) is 7.17. The fourth-order valence-corrected chi connectivity index (χ4v) is 3.57. The summed E-state index contributed by atoms with van der Waals surface area (Å²) in [5.41, 5.74) is 4.16. The van der Waals surface area contributed by atoms with E-state index in [9.17, 15) is 9.59 Å². The first-order valence-corrected chi connectivity index (χ1v) is 7.17. The van der Waals surface area contributed by atoms with E-state index in [1.165, 1.54) is 0 Å². The van der Waals surface area contributed by atoms with Gasteiger partial charge in [-0.3, -0.25) is 9.59 Å². The molecule has 0 saturated carbocycles. The maximum atomic E-state index is 12.8. The highest BCUT2D eigenvalue weighted by atomic mass is 16.5. The molecule has 104 valence electrons. The van der Waals surface area contributed by atoms with Gasteiger partial charge < -0.3 is 4.74 Å². The van der Waals surface area contributed by atoms with Crippen LogP contribution in [-0.2, 0) is 11.2 Å². The molecule has 0 saturated heterocycles. The number of hydrogen-bond donors (Lipinski definition) is 0. The molecule has 3 nitrogen and oxygen atoms in total. The molecule has 1 aliphatic heterocycles. The number of carbonyl (C=O) groups excluding carboxylic acids is 2. The van der Waals surface area contributed by atoms with Gasteiger partial charge in [-0.1, -0.05) is 42.5 Å². The third-order valence-electron chi connectivity index (χ3n) is 4.46. The normalized spacial score (nSPS) is 14.7. The molecule has 0 unspecified atom stereocenters. The minimum Gasteiger partial charge on any atom is -0.426 e. The molecule has 0 spiro atoms.